The van der Waals surface area contributed by atoms with Gasteiger partial charge in [-0.05, 0) is 68.7 Å². The van der Waals surface area contributed by atoms with Crippen molar-refractivity contribution in [1.29, 1.82) is 5.41 Å². The van der Waals surface area contributed by atoms with Gasteiger partial charge in [0.15, 0.2) is 11.6 Å². The van der Waals surface area contributed by atoms with Crippen LogP contribution in [0.1, 0.15) is 70.7 Å². The molecule has 29 nitrogen and oxygen atoms in total. The first-order valence-corrected chi connectivity index (χ1v) is 29.2. The van der Waals surface area contributed by atoms with Crippen LogP contribution >= 0.6 is 0 Å². The summed E-state index contributed by atoms with van der Waals surface area (Å²) < 4.78 is 44.2. The number of nitro benzene ring substituents is 1. The number of nitrogens with zero attached hydrogens (tertiary/aromatic N) is 5. The highest BCUT2D eigenvalue weighted by Gasteiger charge is 2.23. The molecule has 0 spiro atoms. The molecule has 0 unspecified atom stereocenters. The molecule has 0 aliphatic heterocycles. The maximum Gasteiger partial charge on any atom is 0.338 e. The van der Waals surface area contributed by atoms with Crippen molar-refractivity contribution in [2.45, 2.75) is 66.0 Å². The van der Waals surface area contributed by atoms with Crippen LogP contribution in [0.5, 0.6) is 0 Å². The van der Waals surface area contributed by atoms with Crippen molar-refractivity contribution in [3.63, 3.8) is 0 Å². The first kappa shape index (κ1) is 72.8. The van der Waals surface area contributed by atoms with E-state index in [4.69, 9.17) is 60.5 Å². The van der Waals surface area contributed by atoms with Crippen LogP contribution in [0.4, 0.5) is 23.0 Å². The number of ether oxygens (including phenoxy) is 8. The summed E-state index contributed by atoms with van der Waals surface area (Å²) in [4.78, 5) is 98.5. The van der Waals surface area contributed by atoms with Crippen LogP contribution in [0.15, 0.2) is 113 Å². The van der Waals surface area contributed by atoms with E-state index in [2.05, 4.69) is 37.8 Å². The predicted octanol–water partition coefficient (Wildman–Crippen LogP) is 4.47. The highest BCUT2D eigenvalue weighted by atomic mass is 16.6. The van der Waals surface area contributed by atoms with Crippen molar-refractivity contribution in [3.05, 3.63) is 168 Å². The van der Waals surface area contributed by atoms with Gasteiger partial charge in [0, 0.05) is 79.6 Å². The number of aromatic nitrogens is 4. The predicted molar refractivity (Wildman–Crippen MR) is 345 cm³/mol. The molecule has 0 radical (unpaired) electrons. The van der Waals surface area contributed by atoms with Gasteiger partial charge in [-0.2, -0.15) is 0 Å². The molecule has 0 saturated carbocycles. The molecule has 494 valence electrons. The van der Waals surface area contributed by atoms with Crippen LogP contribution < -0.4 is 49.6 Å². The van der Waals surface area contributed by atoms with Gasteiger partial charge >= 0.3 is 11.9 Å². The van der Waals surface area contributed by atoms with E-state index in [1.165, 1.54) is 41.2 Å². The lowest BCUT2D eigenvalue weighted by atomic mass is 10.1. The fourth-order valence-corrected chi connectivity index (χ4v) is 8.32. The molecule has 29 heteroatoms. The van der Waals surface area contributed by atoms with Gasteiger partial charge in [0.2, 0.25) is 11.8 Å². The van der Waals surface area contributed by atoms with Crippen LogP contribution in [-0.2, 0) is 73.7 Å². The Kier molecular flexibility index (Phi) is 30.0. The zero-order chi connectivity index (χ0) is 67.1. The average Bonchev–Trinajstić information content (AvgIpc) is 0.884. The molecule has 2 heterocycles. The number of carbonyl (C=O) groups is 4. The summed E-state index contributed by atoms with van der Waals surface area (Å²) in [5, 5.41) is 30.9. The summed E-state index contributed by atoms with van der Waals surface area (Å²) in [6, 6.07) is 22.0. The van der Waals surface area contributed by atoms with Gasteiger partial charge in [0.1, 0.15) is 32.1 Å². The van der Waals surface area contributed by atoms with Gasteiger partial charge in [-0.25, -0.2) is 19.6 Å². The standard InChI is InChI=1S/C32H40N6O9.C31H41N7O7/c1-21(2)36-30-31(40)37(20-29(39)34-18-23-5-7-24(8-6-23)22(3)33)28(19-35-30)25-15-26(17-27(16-25)38(42)43)32(41)47-14-13-46-12-11-45-10-9-44-4;1-20(2)37-29-30(40)38(19-27(39)35-17-21-4-6-22(7-5-21)28(33)34)26(18-36-29)23-14-24(16-25(32)15-23)31(41)45-13-12-44-11-10-43-9-8-42-3/h5-8,15-17,19,21H,3,9-14,18,20,33H2,1-2,4H3,(H,34,39)(H,35,36);4-7,14-16,18,20H,8-13,17,19,32H2,1-3H3,(H3,33,34)(H,35,39)(H,36,37). The number of carbonyl (C=O) groups excluding carboxylic acids is 4. The smallest absolute Gasteiger partial charge is 0.338 e. The Morgan fingerprint density at radius 3 is 1.36 bits per heavy atom. The number of anilines is 3. The Hall–Kier alpha value is -9.91. The van der Waals surface area contributed by atoms with E-state index in [0.717, 1.165) is 27.3 Å². The number of hydrogen-bond acceptors (Lipinski definition) is 23. The highest BCUT2D eigenvalue weighted by Crippen LogP contribution is 2.28. The minimum Gasteiger partial charge on any atom is -0.460 e. The Morgan fingerprint density at radius 1 is 0.576 bits per heavy atom. The number of amides is 2. The number of non-ortho nitro benzene ring substituents is 1. The molecule has 0 bridgehead atoms. The Morgan fingerprint density at radius 2 is 0.967 bits per heavy atom. The summed E-state index contributed by atoms with van der Waals surface area (Å²) in [6.07, 6.45) is 2.76. The maximum atomic E-state index is 13.5. The number of methoxy groups -OCH3 is 2. The van der Waals surface area contributed by atoms with Crippen LogP contribution in [-0.4, -0.2) is 159 Å². The number of nitrogen functional groups attached to an aromatic ring is 2. The molecule has 2 amide bonds. The molecule has 4 aromatic carbocycles. The van der Waals surface area contributed by atoms with Crippen molar-refractivity contribution >= 4 is 58.3 Å². The number of rotatable bonds is 37. The highest BCUT2D eigenvalue weighted by molar-refractivity contribution is 5.95. The van der Waals surface area contributed by atoms with Crippen molar-refractivity contribution in [3.8, 4) is 22.5 Å². The third kappa shape index (κ3) is 24.1. The van der Waals surface area contributed by atoms with Crippen molar-refractivity contribution < 1.29 is 62.0 Å². The van der Waals surface area contributed by atoms with Gasteiger partial charge < -0.3 is 76.4 Å². The molecule has 92 heavy (non-hydrogen) atoms. The summed E-state index contributed by atoms with van der Waals surface area (Å²) in [6.45, 7) is 14.0. The largest absolute Gasteiger partial charge is 0.460 e. The van der Waals surface area contributed by atoms with Gasteiger partial charge in [-0.3, -0.25) is 43.8 Å². The number of hydrogen-bond donors (Lipinski definition) is 8. The topological polar surface area (TPSA) is 405 Å². The fourth-order valence-electron chi connectivity index (χ4n) is 8.32. The lowest BCUT2D eigenvalue weighted by molar-refractivity contribution is -0.384. The second kappa shape index (κ2) is 37.9. The molecular formula is C63H81N13O16. The summed E-state index contributed by atoms with van der Waals surface area (Å²) in [7, 11) is 3.16. The van der Waals surface area contributed by atoms with Gasteiger partial charge in [0.25, 0.3) is 16.8 Å². The molecule has 2 aromatic heterocycles. The van der Waals surface area contributed by atoms with E-state index in [0.29, 0.717) is 63.1 Å². The van der Waals surface area contributed by atoms with Crippen LogP contribution in [0.3, 0.4) is 0 Å². The van der Waals surface area contributed by atoms with E-state index in [9.17, 15) is 38.9 Å². The number of nitro groups is 1. The maximum absolute atomic E-state index is 13.5. The van der Waals surface area contributed by atoms with Crippen molar-refractivity contribution in [1.82, 2.24) is 29.7 Å². The molecule has 6 rings (SSSR count). The summed E-state index contributed by atoms with van der Waals surface area (Å²) in [5.74, 6) is -2.38. The number of nitrogens with two attached hydrogens (primary N) is 3. The lowest BCUT2D eigenvalue weighted by Gasteiger charge is -2.17. The minimum atomic E-state index is -0.836. The number of esters is 2. The first-order chi connectivity index (χ1) is 44.1. The molecule has 6 aromatic rings. The Bertz CT molecular complexity index is 3580. The van der Waals surface area contributed by atoms with Crippen LogP contribution in [0, 0.1) is 15.5 Å². The number of amidine groups is 1. The van der Waals surface area contributed by atoms with Crippen LogP contribution in [0.2, 0.25) is 0 Å². The number of nitrogens with one attached hydrogen (secondary N) is 5. The molecule has 0 aliphatic rings. The second-order valence-corrected chi connectivity index (χ2v) is 20.8. The van der Waals surface area contributed by atoms with E-state index in [-0.39, 0.29) is 116 Å². The molecule has 0 aliphatic carbocycles. The average molecular weight is 1280 g/mol. The molecule has 0 fully saturated rings. The zero-order valence-corrected chi connectivity index (χ0v) is 52.4. The quantitative estimate of drug-likeness (QED) is 0.00507. The Balaban J connectivity index is 0.000000334. The molecular weight excluding hydrogens is 1190 g/mol. The fraction of sp³-hybridized carbons (Fsp3) is 0.381. The monoisotopic (exact) mass is 1280 g/mol. The van der Waals surface area contributed by atoms with E-state index < -0.39 is 52.0 Å². The first-order valence-electron chi connectivity index (χ1n) is 29.2. The third-order valence-corrected chi connectivity index (χ3v) is 12.8. The molecule has 0 atom stereocenters. The summed E-state index contributed by atoms with van der Waals surface area (Å²) >= 11 is 0. The number of benzene rings is 4. The van der Waals surface area contributed by atoms with E-state index >= 15 is 0 Å². The van der Waals surface area contributed by atoms with E-state index in [1.54, 1.807) is 68.8 Å². The normalized spacial score (nSPS) is 10.9. The lowest BCUT2D eigenvalue weighted by Crippen LogP contribution is -2.35. The molecule has 11 N–H and O–H groups in total. The Labute approximate surface area is 531 Å². The SMILES string of the molecule is C=C(N)c1ccc(CNC(=O)Cn2c(-c3cc(C(=O)OCCOCCOCCOC)cc([N+](=O)[O-])c3)cnc(NC(C)C)c2=O)cc1.COCCOCCOCCOC(=O)c1cc(N)cc(-c2cnc(NC(C)C)c(=O)n2CC(=O)NCc2ccc(C(=N)N)cc2)c1. The summed E-state index contributed by atoms with van der Waals surface area (Å²) in [5.41, 5.74) is 20.3. The van der Waals surface area contributed by atoms with Crippen LogP contribution in [0.25, 0.3) is 28.2 Å². The van der Waals surface area contributed by atoms with E-state index in [1.807, 2.05) is 27.7 Å². The van der Waals surface area contributed by atoms with Gasteiger partial charge in [0.05, 0.1) is 106 Å². The van der Waals surface area contributed by atoms with Crippen molar-refractivity contribution in [2.75, 3.05) is 110 Å². The minimum absolute atomic E-state index is 0.0108. The third-order valence-electron chi connectivity index (χ3n) is 12.8. The molecule has 0 saturated heterocycles. The zero-order valence-electron chi connectivity index (χ0n) is 52.4. The van der Waals surface area contributed by atoms with Gasteiger partial charge in [-0.15, -0.1) is 0 Å². The van der Waals surface area contributed by atoms with Crippen molar-refractivity contribution in [2.24, 2.45) is 11.5 Å². The second-order valence-electron chi connectivity index (χ2n) is 20.8. The van der Waals surface area contributed by atoms with Gasteiger partial charge in [-0.1, -0.05) is 55.1 Å².